The topological polar surface area (TPSA) is 38.5 Å². The molecule has 0 aliphatic rings. The van der Waals surface area contributed by atoms with E-state index >= 15 is 0 Å². The number of benzene rings is 2. The van der Waals surface area contributed by atoms with Gasteiger partial charge < -0.3 is 15.4 Å². The largest absolute Gasteiger partial charge is 0.497 e. The molecule has 0 aromatic heterocycles. The van der Waals surface area contributed by atoms with Gasteiger partial charge in [0.05, 0.1) is 13.2 Å². The zero-order valence-electron chi connectivity index (χ0n) is 11.9. The lowest BCUT2D eigenvalue weighted by Crippen LogP contribution is -2.22. The van der Waals surface area contributed by atoms with E-state index in [4.69, 9.17) is 22.1 Å². The maximum Gasteiger partial charge on any atom is 0.122 e. The maximum atomic E-state index is 6.26. The highest BCUT2D eigenvalue weighted by molar-refractivity contribution is 6.31. The number of hydrogen-bond donors (Lipinski definition) is 1. The molecule has 3 nitrogen and oxygen atoms in total. The van der Waals surface area contributed by atoms with Gasteiger partial charge in [-0.25, -0.2) is 0 Å². The zero-order valence-corrected chi connectivity index (χ0v) is 12.7. The molecule has 2 rings (SSSR count). The molecule has 20 heavy (non-hydrogen) atoms. The number of halogens is 1. The summed E-state index contributed by atoms with van der Waals surface area (Å²) in [5, 5.41) is 0.766. The van der Waals surface area contributed by atoms with Crippen molar-refractivity contribution in [3.05, 3.63) is 53.1 Å². The quantitative estimate of drug-likeness (QED) is 0.861. The summed E-state index contributed by atoms with van der Waals surface area (Å²) in [6.07, 6.45) is 0. The maximum absolute atomic E-state index is 6.26. The van der Waals surface area contributed by atoms with Gasteiger partial charge in [0.25, 0.3) is 0 Å². The number of hydrogen-bond acceptors (Lipinski definition) is 3. The Labute approximate surface area is 124 Å². The molecule has 0 aliphatic carbocycles. The highest BCUT2D eigenvalue weighted by Gasteiger charge is 2.15. The van der Waals surface area contributed by atoms with Crippen molar-refractivity contribution in [3.63, 3.8) is 0 Å². The monoisotopic (exact) mass is 290 g/mol. The average Bonchev–Trinajstić information content (AvgIpc) is 2.45. The number of ether oxygens (including phenoxy) is 1. The fourth-order valence-electron chi connectivity index (χ4n) is 2.17. The predicted octanol–water partition coefficient (Wildman–Crippen LogP) is 4.13. The molecule has 1 atom stereocenters. The van der Waals surface area contributed by atoms with Gasteiger partial charge in [-0.1, -0.05) is 29.8 Å². The summed E-state index contributed by atoms with van der Waals surface area (Å²) in [6.45, 7) is 2.11. The summed E-state index contributed by atoms with van der Waals surface area (Å²) < 4.78 is 5.26. The SMILES string of the molecule is COc1cc(N)cc(N(C)C(C)c2ccccc2Cl)c1. The smallest absolute Gasteiger partial charge is 0.122 e. The van der Waals surface area contributed by atoms with Crippen LogP contribution in [0.4, 0.5) is 11.4 Å². The molecule has 0 aliphatic heterocycles. The fraction of sp³-hybridized carbons (Fsp3) is 0.250. The van der Waals surface area contributed by atoms with Crippen LogP contribution in [0.2, 0.25) is 5.02 Å². The number of methoxy groups -OCH3 is 1. The number of nitrogens with zero attached hydrogens (tertiary/aromatic N) is 1. The molecule has 4 heteroatoms. The highest BCUT2D eigenvalue weighted by Crippen LogP contribution is 2.32. The van der Waals surface area contributed by atoms with Gasteiger partial charge in [0.2, 0.25) is 0 Å². The van der Waals surface area contributed by atoms with Gasteiger partial charge in [0, 0.05) is 35.6 Å². The molecule has 0 radical (unpaired) electrons. The normalized spacial score (nSPS) is 12.0. The van der Waals surface area contributed by atoms with E-state index in [1.165, 1.54) is 0 Å². The Bertz CT molecular complexity index is 601. The van der Waals surface area contributed by atoms with Crippen LogP contribution in [0.1, 0.15) is 18.5 Å². The van der Waals surface area contributed by atoms with Crippen molar-refractivity contribution in [2.24, 2.45) is 0 Å². The molecular formula is C16H19ClN2O. The first-order valence-corrected chi connectivity index (χ1v) is 6.82. The van der Waals surface area contributed by atoms with Crippen LogP contribution < -0.4 is 15.4 Å². The molecule has 0 amide bonds. The van der Waals surface area contributed by atoms with Gasteiger partial charge in [-0.2, -0.15) is 0 Å². The molecule has 2 aromatic carbocycles. The molecule has 2 N–H and O–H groups in total. The minimum Gasteiger partial charge on any atom is -0.497 e. The lowest BCUT2D eigenvalue weighted by Gasteiger charge is -2.28. The highest BCUT2D eigenvalue weighted by atomic mass is 35.5. The summed E-state index contributed by atoms with van der Waals surface area (Å²) in [5.74, 6) is 0.748. The minimum absolute atomic E-state index is 0.134. The van der Waals surface area contributed by atoms with Crippen molar-refractivity contribution in [3.8, 4) is 5.75 Å². The van der Waals surface area contributed by atoms with Crippen LogP contribution in [-0.4, -0.2) is 14.2 Å². The average molecular weight is 291 g/mol. The van der Waals surface area contributed by atoms with Crippen LogP contribution in [0, 0.1) is 0 Å². The van der Waals surface area contributed by atoms with Crippen LogP contribution in [0.3, 0.4) is 0 Å². The molecule has 0 fully saturated rings. The number of nitrogen functional groups attached to an aromatic ring is 1. The Morgan fingerprint density at radius 3 is 2.55 bits per heavy atom. The molecular weight excluding hydrogens is 272 g/mol. The third-order valence-corrected chi connectivity index (χ3v) is 3.84. The lowest BCUT2D eigenvalue weighted by atomic mass is 10.1. The first-order chi connectivity index (χ1) is 9.52. The van der Waals surface area contributed by atoms with Crippen molar-refractivity contribution >= 4 is 23.0 Å². The second-order valence-corrected chi connectivity index (χ2v) is 5.18. The lowest BCUT2D eigenvalue weighted by molar-refractivity contribution is 0.415. The van der Waals surface area contributed by atoms with Crippen molar-refractivity contribution in [2.45, 2.75) is 13.0 Å². The summed E-state index contributed by atoms with van der Waals surface area (Å²) in [4.78, 5) is 2.13. The summed E-state index contributed by atoms with van der Waals surface area (Å²) in [6, 6.07) is 13.7. The van der Waals surface area contributed by atoms with E-state index in [-0.39, 0.29) is 6.04 Å². The van der Waals surface area contributed by atoms with E-state index in [0.717, 1.165) is 22.0 Å². The fourth-order valence-corrected chi connectivity index (χ4v) is 2.47. The Morgan fingerprint density at radius 2 is 1.90 bits per heavy atom. The zero-order chi connectivity index (χ0) is 14.7. The summed E-state index contributed by atoms with van der Waals surface area (Å²) >= 11 is 6.26. The van der Waals surface area contributed by atoms with E-state index in [0.29, 0.717) is 5.69 Å². The minimum atomic E-state index is 0.134. The van der Waals surface area contributed by atoms with E-state index < -0.39 is 0 Å². The van der Waals surface area contributed by atoms with Crippen molar-refractivity contribution < 1.29 is 4.74 Å². The summed E-state index contributed by atoms with van der Waals surface area (Å²) in [7, 11) is 3.65. The molecule has 0 bridgehead atoms. The molecule has 1 unspecified atom stereocenters. The first-order valence-electron chi connectivity index (χ1n) is 6.44. The standard InChI is InChI=1S/C16H19ClN2O/c1-11(15-6-4-5-7-16(15)17)19(2)13-8-12(18)9-14(10-13)20-3/h4-11H,18H2,1-3H3. The predicted molar refractivity (Wildman–Crippen MR) is 85.7 cm³/mol. The van der Waals surface area contributed by atoms with Crippen LogP contribution >= 0.6 is 11.6 Å². The van der Waals surface area contributed by atoms with E-state index in [2.05, 4.69) is 11.8 Å². The van der Waals surface area contributed by atoms with E-state index in [1.807, 2.05) is 43.4 Å². The molecule has 0 heterocycles. The second kappa shape index (κ2) is 6.06. The molecule has 0 saturated carbocycles. The Hall–Kier alpha value is -1.87. The van der Waals surface area contributed by atoms with Crippen LogP contribution in [0.5, 0.6) is 5.75 Å². The Balaban J connectivity index is 2.33. The van der Waals surface area contributed by atoms with Gasteiger partial charge in [-0.15, -0.1) is 0 Å². The van der Waals surface area contributed by atoms with E-state index in [9.17, 15) is 0 Å². The molecule has 2 aromatic rings. The van der Waals surface area contributed by atoms with Crippen LogP contribution in [0.25, 0.3) is 0 Å². The Morgan fingerprint density at radius 1 is 1.20 bits per heavy atom. The van der Waals surface area contributed by atoms with Crippen molar-refractivity contribution in [2.75, 3.05) is 24.8 Å². The van der Waals surface area contributed by atoms with Gasteiger partial charge in [-0.05, 0) is 24.6 Å². The van der Waals surface area contributed by atoms with Gasteiger partial charge in [0.15, 0.2) is 0 Å². The third-order valence-electron chi connectivity index (χ3n) is 3.49. The van der Waals surface area contributed by atoms with Gasteiger partial charge in [0.1, 0.15) is 5.75 Å². The Kier molecular flexibility index (Phi) is 4.40. The number of nitrogens with two attached hydrogens (primary N) is 1. The van der Waals surface area contributed by atoms with Crippen molar-refractivity contribution in [1.29, 1.82) is 0 Å². The summed E-state index contributed by atoms with van der Waals surface area (Å²) in [5.41, 5.74) is 8.66. The first kappa shape index (κ1) is 14.5. The molecule has 106 valence electrons. The number of rotatable bonds is 4. The van der Waals surface area contributed by atoms with E-state index in [1.54, 1.807) is 13.2 Å². The van der Waals surface area contributed by atoms with Crippen LogP contribution in [0.15, 0.2) is 42.5 Å². The van der Waals surface area contributed by atoms with Crippen molar-refractivity contribution in [1.82, 2.24) is 0 Å². The van der Waals surface area contributed by atoms with Gasteiger partial charge in [-0.3, -0.25) is 0 Å². The molecule has 0 saturated heterocycles. The molecule has 0 spiro atoms. The second-order valence-electron chi connectivity index (χ2n) is 4.77. The third kappa shape index (κ3) is 2.99. The van der Waals surface area contributed by atoms with Gasteiger partial charge >= 0.3 is 0 Å². The van der Waals surface area contributed by atoms with Crippen LogP contribution in [-0.2, 0) is 0 Å². The number of anilines is 2.